The van der Waals surface area contributed by atoms with Crippen molar-refractivity contribution in [2.45, 2.75) is 431 Å². The Hall–Kier alpha value is -1.40. The average Bonchev–Trinajstić information content (AvgIpc) is 3.45. The molecule has 0 saturated heterocycles. The molecule has 0 aromatic rings. The molecule has 0 rings (SSSR count). The molecular formula is C73H143NO5. The van der Waals surface area contributed by atoms with Crippen LogP contribution in [0.25, 0.3) is 0 Å². The van der Waals surface area contributed by atoms with Gasteiger partial charge in [-0.05, 0) is 32.1 Å². The quantitative estimate of drug-likeness (QED) is 0.0320. The molecule has 0 heterocycles. The van der Waals surface area contributed by atoms with Gasteiger partial charge in [0, 0.05) is 12.8 Å². The molecule has 1 amide bonds. The van der Waals surface area contributed by atoms with Gasteiger partial charge in [-0.25, -0.2) is 0 Å². The first-order chi connectivity index (χ1) is 39.0. The topological polar surface area (TPSA) is 95.9 Å². The largest absolute Gasteiger partial charge is 0.466 e. The smallest absolute Gasteiger partial charge is 0.305 e. The van der Waals surface area contributed by atoms with Gasteiger partial charge in [-0.2, -0.15) is 0 Å². The van der Waals surface area contributed by atoms with E-state index in [-0.39, 0.29) is 18.5 Å². The molecule has 6 nitrogen and oxygen atoms in total. The van der Waals surface area contributed by atoms with Crippen LogP contribution >= 0.6 is 0 Å². The van der Waals surface area contributed by atoms with Crippen LogP contribution in [0.1, 0.15) is 418 Å². The maximum Gasteiger partial charge on any atom is 0.305 e. The summed E-state index contributed by atoms with van der Waals surface area (Å²) in [6, 6.07) is -0.623. The van der Waals surface area contributed by atoms with E-state index in [0.29, 0.717) is 19.4 Å². The summed E-state index contributed by atoms with van der Waals surface area (Å²) in [5, 5.41) is 23.1. The Kier molecular flexibility index (Phi) is 67.9. The number of amides is 1. The Morgan fingerprint density at radius 2 is 0.582 bits per heavy atom. The van der Waals surface area contributed by atoms with Gasteiger partial charge in [-0.1, -0.05) is 386 Å². The average molecular weight is 1110 g/mol. The minimum atomic E-state index is -0.840. The summed E-state index contributed by atoms with van der Waals surface area (Å²) in [7, 11) is 0. The van der Waals surface area contributed by atoms with Gasteiger partial charge in [0.1, 0.15) is 0 Å². The van der Waals surface area contributed by atoms with Gasteiger partial charge in [0.15, 0.2) is 0 Å². The third-order valence-corrected chi connectivity index (χ3v) is 17.3. The number of rotatable bonds is 69. The molecular weight excluding hydrogens is 971 g/mol. The number of hydrogen-bond acceptors (Lipinski definition) is 5. The van der Waals surface area contributed by atoms with Gasteiger partial charge in [0.05, 0.1) is 25.4 Å². The van der Waals surface area contributed by atoms with E-state index in [0.717, 1.165) is 38.5 Å². The number of carbonyl (C=O) groups is 2. The van der Waals surface area contributed by atoms with Crippen molar-refractivity contribution in [3.63, 3.8) is 0 Å². The first-order valence-corrected chi connectivity index (χ1v) is 36.5. The van der Waals surface area contributed by atoms with Crippen LogP contribution in [-0.2, 0) is 14.3 Å². The Bertz CT molecular complexity index is 1190. The van der Waals surface area contributed by atoms with E-state index in [9.17, 15) is 19.8 Å². The highest BCUT2D eigenvalue weighted by atomic mass is 16.5. The molecule has 0 aromatic heterocycles. The molecule has 0 aromatic carbocycles. The lowest BCUT2D eigenvalue weighted by atomic mass is 10.0. The zero-order chi connectivity index (χ0) is 57.1. The number of carbonyl (C=O) groups excluding carboxylic acids is 2. The lowest BCUT2D eigenvalue weighted by molar-refractivity contribution is -0.143. The van der Waals surface area contributed by atoms with Crippen molar-refractivity contribution in [2.24, 2.45) is 0 Å². The van der Waals surface area contributed by atoms with Crippen LogP contribution in [0.4, 0.5) is 0 Å². The van der Waals surface area contributed by atoms with E-state index in [1.54, 1.807) is 6.08 Å². The minimum absolute atomic E-state index is 0.0258. The first-order valence-electron chi connectivity index (χ1n) is 36.5. The van der Waals surface area contributed by atoms with Gasteiger partial charge in [-0.3, -0.25) is 9.59 Å². The predicted molar refractivity (Wildman–Crippen MR) is 347 cm³/mol. The second-order valence-electron chi connectivity index (χ2n) is 25.3. The number of unbranched alkanes of at least 4 members (excludes halogenated alkanes) is 58. The summed E-state index contributed by atoms with van der Waals surface area (Å²) in [5.41, 5.74) is 0. The monoisotopic (exact) mass is 1110 g/mol. The Balaban J connectivity index is 3.30. The summed E-state index contributed by atoms with van der Waals surface area (Å²) < 4.78 is 5.52. The highest BCUT2D eigenvalue weighted by molar-refractivity contribution is 5.76. The van der Waals surface area contributed by atoms with Gasteiger partial charge in [0.2, 0.25) is 5.91 Å². The van der Waals surface area contributed by atoms with Crippen LogP contribution in [0.3, 0.4) is 0 Å². The summed E-state index contributed by atoms with van der Waals surface area (Å²) in [4.78, 5) is 24.6. The summed E-state index contributed by atoms with van der Waals surface area (Å²) in [5.74, 6) is -0.0358. The zero-order valence-electron chi connectivity index (χ0n) is 53.9. The van der Waals surface area contributed by atoms with Crippen LogP contribution < -0.4 is 5.32 Å². The number of aliphatic hydroxyl groups excluding tert-OH is 2. The fourth-order valence-corrected chi connectivity index (χ4v) is 11.8. The zero-order valence-corrected chi connectivity index (χ0v) is 53.9. The van der Waals surface area contributed by atoms with Crippen molar-refractivity contribution in [1.29, 1.82) is 0 Å². The van der Waals surface area contributed by atoms with Gasteiger partial charge >= 0.3 is 5.97 Å². The molecule has 0 spiro atoms. The van der Waals surface area contributed by atoms with E-state index < -0.39 is 12.1 Å². The third-order valence-electron chi connectivity index (χ3n) is 17.3. The summed E-state index contributed by atoms with van der Waals surface area (Å²) >= 11 is 0. The van der Waals surface area contributed by atoms with Crippen LogP contribution in [0, 0.1) is 0 Å². The van der Waals surface area contributed by atoms with Crippen molar-refractivity contribution >= 4 is 11.9 Å². The molecule has 0 aliphatic rings. The molecule has 2 unspecified atom stereocenters. The predicted octanol–water partition coefficient (Wildman–Crippen LogP) is 23.5. The molecule has 0 aliphatic heterocycles. The highest BCUT2D eigenvalue weighted by Crippen LogP contribution is 2.19. The second-order valence-corrected chi connectivity index (χ2v) is 25.3. The van der Waals surface area contributed by atoms with Crippen LogP contribution in [0.2, 0.25) is 0 Å². The molecule has 3 N–H and O–H groups in total. The molecule has 0 fully saturated rings. The van der Waals surface area contributed by atoms with E-state index in [1.807, 2.05) is 6.08 Å². The van der Waals surface area contributed by atoms with E-state index >= 15 is 0 Å². The van der Waals surface area contributed by atoms with Crippen molar-refractivity contribution in [3.8, 4) is 0 Å². The maximum atomic E-state index is 12.5. The normalized spacial score (nSPS) is 12.5. The molecule has 2 atom stereocenters. The standard InChI is InChI=1S/C73H143NO5/c1-3-5-7-9-11-13-15-17-18-19-36-39-43-47-51-55-59-63-67-73(78)79-68-64-60-56-52-48-44-40-37-34-32-30-28-26-24-22-20-21-23-25-27-29-31-33-35-38-42-46-50-54-58-62-66-72(77)74-70(69-75)71(76)65-61-57-53-49-45-41-16-14-12-10-8-6-4-2/h61,65,70-71,75-76H,3-60,62-64,66-69H2,1-2H3,(H,74,77)/b65-61+. The fourth-order valence-electron chi connectivity index (χ4n) is 11.8. The summed E-state index contributed by atoms with van der Waals surface area (Å²) in [6.07, 6.45) is 86.0. The fraction of sp³-hybridized carbons (Fsp3) is 0.945. The molecule has 470 valence electrons. The number of allylic oxidation sites excluding steroid dienone is 1. The van der Waals surface area contributed by atoms with Gasteiger partial charge in [-0.15, -0.1) is 0 Å². The number of aliphatic hydroxyl groups is 2. The number of esters is 1. The molecule has 0 radical (unpaired) electrons. The maximum absolute atomic E-state index is 12.5. The Morgan fingerprint density at radius 1 is 0.342 bits per heavy atom. The molecule has 0 bridgehead atoms. The number of nitrogens with one attached hydrogen (secondary N) is 1. The van der Waals surface area contributed by atoms with Crippen molar-refractivity contribution in [1.82, 2.24) is 5.32 Å². The third kappa shape index (κ3) is 65.6. The summed E-state index contributed by atoms with van der Waals surface area (Å²) in [6.45, 7) is 4.95. The van der Waals surface area contributed by atoms with Gasteiger partial charge < -0.3 is 20.3 Å². The second kappa shape index (κ2) is 69.1. The Labute approximate surface area is 495 Å². The SMILES string of the molecule is CCCCCCCCCCCCC/C=C/C(O)C(CO)NC(=O)CCCCCCCCCCCCCCCCCCCCCCCCCCCCCCCCCOC(=O)CCCCCCCCCCCCCCCCCCCC. The van der Waals surface area contributed by atoms with Crippen molar-refractivity contribution in [2.75, 3.05) is 13.2 Å². The Morgan fingerprint density at radius 3 is 0.861 bits per heavy atom. The first kappa shape index (κ1) is 77.6. The van der Waals surface area contributed by atoms with Gasteiger partial charge in [0.25, 0.3) is 0 Å². The van der Waals surface area contributed by atoms with Crippen molar-refractivity contribution in [3.05, 3.63) is 12.2 Å². The lowest BCUT2D eigenvalue weighted by Gasteiger charge is -2.20. The minimum Gasteiger partial charge on any atom is -0.466 e. The molecule has 6 heteroatoms. The van der Waals surface area contributed by atoms with Crippen LogP contribution in [0.15, 0.2) is 12.2 Å². The molecule has 0 aliphatic carbocycles. The van der Waals surface area contributed by atoms with E-state index in [4.69, 9.17) is 4.74 Å². The number of hydrogen-bond donors (Lipinski definition) is 3. The van der Waals surface area contributed by atoms with Crippen LogP contribution in [-0.4, -0.2) is 47.4 Å². The lowest BCUT2D eigenvalue weighted by Crippen LogP contribution is -2.45. The molecule has 79 heavy (non-hydrogen) atoms. The van der Waals surface area contributed by atoms with E-state index in [2.05, 4.69) is 19.2 Å². The van der Waals surface area contributed by atoms with E-state index in [1.165, 1.54) is 353 Å². The number of ether oxygens (including phenoxy) is 1. The highest BCUT2D eigenvalue weighted by Gasteiger charge is 2.18. The van der Waals surface area contributed by atoms with Crippen LogP contribution in [0.5, 0.6) is 0 Å². The molecule has 0 saturated carbocycles. The van der Waals surface area contributed by atoms with Crippen molar-refractivity contribution < 1.29 is 24.5 Å².